The lowest BCUT2D eigenvalue weighted by Gasteiger charge is -2.12. The Morgan fingerprint density at radius 1 is 1.41 bits per heavy atom. The third-order valence-electron chi connectivity index (χ3n) is 3.80. The molecule has 1 saturated heterocycles. The highest BCUT2D eigenvalue weighted by molar-refractivity contribution is 7.80. The van der Waals surface area contributed by atoms with Gasteiger partial charge in [0.25, 0.3) is 5.69 Å². The number of hydrogen-bond donors (Lipinski definition) is 2. The summed E-state index contributed by atoms with van der Waals surface area (Å²) in [6.45, 7) is 4.09. The normalized spacial score (nSPS) is 18.9. The van der Waals surface area contributed by atoms with E-state index in [4.69, 9.17) is 21.7 Å². The minimum absolute atomic E-state index is 0.0360. The Balaban J connectivity index is 1.78. The number of rotatable bonds is 7. The van der Waals surface area contributed by atoms with Crippen molar-refractivity contribution in [3.05, 3.63) is 34.4 Å². The fourth-order valence-corrected chi connectivity index (χ4v) is 2.75. The van der Waals surface area contributed by atoms with Crippen LogP contribution < -0.4 is 10.6 Å². The second-order valence-electron chi connectivity index (χ2n) is 6.38. The number of ether oxygens (including phenoxy) is 2. The first-order chi connectivity index (χ1) is 12.7. The SMILES string of the molecule is CC(C)OC[C@H]1C[C@@H](CC(=O)NC(=S)Nc2ccc([N+](=O)[O-])cc2)C(=O)O1. The van der Waals surface area contributed by atoms with Gasteiger partial charge in [-0.15, -0.1) is 0 Å². The van der Waals surface area contributed by atoms with Crippen molar-refractivity contribution < 1.29 is 24.0 Å². The molecule has 0 unspecified atom stereocenters. The highest BCUT2D eigenvalue weighted by atomic mass is 32.1. The molecule has 1 amide bonds. The van der Waals surface area contributed by atoms with Gasteiger partial charge in [-0.2, -0.15) is 0 Å². The maximum Gasteiger partial charge on any atom is 0.309 e. The van der Waals surface area contributed by atoms with Gasteiger partial charge in [0.05, 0.1) is 23.6 Å². The molecule has 9 nitrogen and oxygen atoms in total. The van der Waals surface area contributed by atoms with Crippen LogP contribution in [-0.4, -0.2) is 40.7 Å². The largest absolute Gasteiger partial charge is 0.460 e. The quantitative estimate of drug-likeness (QED) is 0.312. The van der Waals surface area contributed by atoms with Crippen LogP contribution in [0.15, 0.2) is 24.3 Å². The second-order valence-corrected chi connectivity index (χ2v) is 6.79. The van der Waals surface area contributed by atoms with Crippen LogP contribution in [0.5, 0.6) is 0 Å². The van der Waals surface area contributed by atoms with Crippen molar-refractivity contribution in [3.63, 3.8) is 0 Å². The molecule has 2 rings (SSSR count). The van der Waals surface area contributed by atoms with Gasteiger partial charge in [-0.1, -0.05) is 0 Å². The van der Waals surface area contributed by atoms with Crippen LogP contribution in [0.25, 0.3) is 0 Å². The molecule has 0 aliphatic carbocycles. The van der Waals surface area contributed by atoms with E-state index in [1.807, 2.05) is 13.8 Å². The van der Waals surface area contributed by atoms with Gasteiger partial charge in [0.1, 0.15) is 6.10 Å². The van der Waals surface area contributed by atoms with Crippen LogP contribution >= 0.6 is 12.2 Å². The molecule has 2 atom stereocenters. The first-order valence-corrected chi connectivity index (χ1v) is 8.82. The van der Waals surface area contributed by atoms with E-state index in [0.29, 0.717) is 18.7 Å². The summed E-state index contributed by atoms with van der Waals surface area (Å²) < 4.78 is 10.6. The summed E-state index contributed by atoms with van der Waals surface area (Å²) in [4.78, 5) is 34.1. The summed E-state index contributed by atoms with van der Waals surface area (Å²) in [5.41, 5.74) is 0.448. The molecule has 0 aromatic heterocycles. The van der Waals surface area contributed by atoms with Gasteiger partial charge in [0, 0.05) is 30.7 Å². The van der Waals surface area contributed by atoms with E-state index < -0.39 is 22.7 Å². The molecule has 146 valence electrons. The van der Waals surface area contributed by atoms with Crippen molar-refractivity contribution in [2.75, 3.05) is 11.9 Å². The topological polar surface area (TPSA) is 120 Å². The number of nitrogens with one attached hydrogen (secondary N) is 2. The average Bonchev–Trinajstić information content (AvgIpc) is 2.93. The van der Waals surface area contributed by atoms with Gasteiger partial charge >= 0.3 is 5.97 Å². The van der Waals surface area contributed by atoms with E-state index in [9.17, 15) is 19.7 Å². The van der Waals surface area contributed by atoms with Gasteiger partial charge < -0.3 is 20.1 Å². The number of cyclic esters (lactones) is 1. The van der Waals surface area contributed by atoms with E-state index in [-0.39, 0.29) is 29.4 Å². The predicted molar refractivity (Wildman–Crippen MR) is 101 cm³/mol. The van der Waals surface area contributed by atoms with E-state index >= 15 is 0 Å². The summed E-state index contributed by atoms with van der Waals surface area (Å²) >= 11 is 5.05. The van der Waals surface area contributed by atoms with Crippen LogP contribution in [0.2, 0.25) is 0 Å². The number of hydrogen-bond acceptors (Lipinski definition) is 7. The van der Waals surface area contributed by atoms with E-state index in [1.165, 1.54) is 24.3 Å². The third-order valence-corrected chi connectivity index (χ3v) is 4.00. The van der Waals surface area contributed by atoms with Crippen molar-refractivity contribution in [1.29, 1.82) is 0 Å². The molecule has 0 radical (unpaired) electrons. The Morgan fingerprint density at radius 3 is 2.67 bits per heavy atom. The van der Waals surface area contributed by atoms with Crippen molar-refractivity contribution >= 4 is 40.6 Å². The molecule has 27 heavy (non-hydrogen) atoms. The Hall–Kier alpha value is -2.59. The first-order valence-electron chi connectivity index (χ1n) is 8.42. The number of non-ortho nitro benzene ring substituents is 1. The number of nitrogens with zero attached hydrogens (tertiary/aromatic N) is 1. The van der Waals surface area contributed by atoms with Crippen molar-refractivity contribution in [2.24, 2.45) is 5.92 Å². The number of esters is 1. The zero-order valence-corrected chi connectivity index (χ0v) is 15.8. The van der Waals surface area contributed by atoms with Crippen LogP contribution in [-0.2, 0) is 19.1 Å². The predicted octanol–water partition coefficient (Wildman–Crippen LogP) is 2.15. The minimum Gasteiger partial charge on any atom is -0.460 e. The van der Waals surface area contributed by atoms with Crippen molar-refractivity contribution in [1.82, 2.24) is 5.32 Å². The molecule has 2 N–H and O–H groups in total. The lowest BCUT2D eigenvalue weighted by molar-refractivity contribution is -0.384. The van der Waals surface area contributed by atoms with Crippen LogP contribution in [0.1, 0.15) is 26.7 Å². The molecule has 1 heterocycles. The smallest absolute Gasteiger partial charge is 0.309 e. The molecule has 1 aromatic rings. The Labute approximate surface area is 161 Å². The standard InChI is InChI=1S/C17H21N3O6S/c1-10(2)25-9-14-7-11(16(22)26-14)8-15(21)19-17(27)18-12-3-5-13(6-4-12)20(23)24/h3-6,10-11,14H,7-9H2,1-2H3,(H2,18,19,21,27)/t11-,14+/m0/s1. The number of benzene rings is 1. The lowest BCUT2D eigenvalue weighted by atomic mass is 10.0. The van der Waals surface area contributed by atoms with Crippen LogP contribution in [0, 0.1) is 16.0 Å². The fraction of sp³-hybridized carbons (Fsp3) is 0.471. The van der Waals surface area contributed by atoms with Crippen LogP contribution in [0.4, 0.5) is 11.4 Å². The molecule has 0 bridgehead atoms. The lowest BCUT2D eigenvalue weighted by Crippen LogP contribution is -2.35. The summed E-state index contributed by atoms with van der Waals surface area (Å²) in [5, 5.41) is 15.9. The number of anilines is 1. The summed E-state index contributed by atoms with van der Waals surface area (Å²) in [7, 11) is 0. The highest BCUT2D eigenvalue weighted by Crippen LogP contribution is 2.24. The molecule has 1 aliphatic heterocycles. The van der Waals surface area contributed by atoms with Crippen molar-refractivity contribution in [3.8, 4) is 0 Å². The molecular weight excluding hydrogens is 374 g/mol. The molecule has 1 fully saturated rings. The number of nitro benzene ring substituents is 1. The Morgan fingerprint density at radius 2 is 2.07 bits per heavy atom. The zero-order valence-electron chi connectivity index (χ0n) is 15.0. The first kappa shape index (κ1) is 20.7. The van der Waals surface area contributed by atoms with Gasteiger partial charge in [-0.3, -0.25) is 19.7 Å². The van der Waals surface area contributed by atoms with Crippen LogP contribution in [0.3, 0.4) is 0 Å². The third kappa shape index (κ3) is 6.57. The monoisotopic (exact) mass is 395 g/mol. The highest BCUT2D eigenvalue weighted by Gasteiger charge is 2.36. The molecule has 10 heteroatoms. The van der Waals surface area contributed by atoms with Gasteiger partial charge in [0.15, 0.2) is 5.11 Å². The number of thiocarbonyl (C=S) groups is 1. The number of amides is 1. The summed E-state index contributed by atoms with van der Waals surface area (Å²) in [6, 6.07) is 5.59. The summed E-state index contributed by atoms with van der Waals surface area (Å²) in [6.07, 6.45) is 0.0671. The minimum atomic E-state index is -0.534. The number of carbonyl (C=O) groups is 2. The summed E-state index contributed by atoms with van der Waals surface area (Å²) in [5.74, 6) is -1.37. The number of nitro groups is 1. The molecule has 1 aromatic carbocycles. The molecule has 1 aliphatic rings. The molecular formula is C17H21N3O6S. The second kappa shape index (κ2) is 9.38. The van der Waals surface area contributed by atoms with Gasteiger partial charge in [-0.25, -0.2) is 0 Å². The van der Waals surface area contributed by atoms with Crippen molar-refractivity contribution in [2.45, 2.75) is 38.9 Å². The molecule has 0 spiro atoms. The van der Waals surface area contributed by atoms with Gasteiger partial charge in [0.2, 0.25) is 5.91 Å². The van der Waals surface area contributed by atoms with E-state index in [0.717, 1.165) is 0 Å². The Kier molecular flexibility index (Phi) is 7.19. The van der Waals surface area contributed by atoms with Gasteiger partial charge in [-0.05, 0) is 38.2 Å². The van der Waals surface area contributed by atoms with E-state index in [2.05, 4.69) is 10.6 Å². The van der Waals surface area contributed by atoms with E-state index in [1.54, 1.807) is 0 Å². The number of carbonyl (C=O) groups excluding carboxylic acids is 2. The average molecular weight is 395 g/mol. The fourth-order valence-electron chi connectivity index (χ4n) is 2.52. The maximum absolute atomic E-state index is 12.1. The zero-order chi connectivity index (χ0) is 20.0. The molecule has 0 saturated carbocycles. The maximum atomic E-state index is 12.1. The Bertz CT molecular complexity index is 722.